The Bertz CT molecular complexity index is 1380. The van der Waals surface area contributed by atoms with Crippen LogP contribution in [0.15, 0.2) is 66.7 Å². The van der Waals surface area contributed by atoms with Gasteiger partial charge < -0.3 is 20.3 Å². The molecule has 0 bridgehead atoms. The van der Waals surface area contributed by atoms with E-state index in [1.54, 1.807) is 42.5 Å². The lowest BCUT2D eigenvalue weighted by molar-refractivity contribution is 0.101. The molecule has 9 nitrogen and oxygen atoms in total. The van der Waals surface area contributed by atoms with Crippen molar-refractivity contribution in [3.8, 4) is 0 Å². The number of carbonyl (C=O) groups excluding carboxylic acids is 2. The van der Waals surface area contributed by atoms with E-state index in [0.29, 0.717) is 35.8 Å². The molecule has 0 aliphatic carbocycles. The van der Waals surface area contributed by atoms with E-state index >= 15 is 0 Å². The van der Waals surface area contributed by atoms with Gasteiger partial charge in [0, 0.05) is 47.0 Å². The maximum atomic E-state index is 12.9. The number of carbonyl (C=O) groups is 2. The third kappa shape index (κ3) is 6.61. The first-order chi connectivity index (χ1) is 17.2. The van der Waals surface area contributed by atoms with Crippen molar-refractivity contribution in [2.45, 2.75) is 6.92 Å². The van der Waals surface area contributed by atoms with Crippen LogP contribution in [-0.4, -0.2) is 52.8 Å². The predicted molar refractivity (Wildman–Crippen MR) is 141 cm³/mol. The van der Waals surface area contributed by atoms with Crippen LogP contribution in [-0.2, 0) is 14.8 Å². The van der Waals surface area contributed by atoms with Crippen LogP contribution in [0.4, 0.5) is 22.7 Å². The highest BCUT2D eigenvalue weighted by atomic mass is 32.2. The Morgan fingerprint density at radius 1 is 0.833 bits per heavy atom. The van der Waals surface area contributed by atoms with Crippen molar-refractivity contribution in [2.24, 2.45) is 0 Å². The van der Waals surface area contributed by atoms with Crippen LogP contribution in [0.3, 0.4) is 0 Å². The van der Waals surface area contributed by atoms with E-state index in [0.717, 1.165) is 30.6 Å². The lowest BCUT2D eigenvalue weighted by Crippen LogP contribution is -2.36. The fourth-order valence-electron chi connectivity index (χ4n) is 3.84. The number of nitrogens with one attached hydrogen (secondary N) is 3. The molecule has 0 atom stereocenters. The molecule has 4 rings (SSSR count). The van der Waals surface area contributed by atoms with Gasteiger partial charge >= 0.3 is 0 Å². The molecule has 2 amide bonds. The third-order valence-electron chi connectivity index (χ3n) is 5.66. The molecule has 0 spiro atoms. The van der Waals surface area contributed by atoms with Gasteiger partial charge in [0.1, 0.15) is 0 Å². The quantitative estimate of drug-likeness (QED) is 0.448. The number of morpholine rings is 1. The SMILES string of the molecule is Cc1ccc(NC(=O)c2cccc(N3CCOCC3)c2)cc1NC(=O)c1cccc(NS(C)(=O)=O)c1. The lowest BCUT2D eigenvalue weighted by atomic mass is 10.1. The molecule has 36 heavy (non-hydrogen) atoms. The Morgan fingerprint density at radius 3 is 2.22 bits per heavy atom. The second kappa shape index (κ2) is 10.8. The molecular formula is C26H28N4O5S. The summed E-state index contributed by atoms with van der Waals surface area (Å²) in [6, 6.07) is 18.9. The zero-order valence-electron chi connectivity index (χ0n) is 20.1. The number of amides is 2. The summed E-state index contributed by atoms with van der Waals surface area (Å²) in [4.78, 5) is 28.0. The maximum Gasteiger partial charge on any atom is 0.255 e. The first kappa shape index (κ1) is 25.2. The van der Waals surface area contributed by atoms with Crippen molar-refractivity contribution >= 4 is 44.6 Å². The number of aryl methyl sites for hydroxylation is 1. The van der Waals surface area contributed by atoms with Crippen LogP contribution < -0.4 is 20.3 Å². The lowest BCUT2D eigenvalue weighted by Gasteiger charge is -2.29. The summed E-state index contributed by atoms with van der Waals surface area (Å²) in [5.74, 6) is -0.664. The van der Waals surface area contributed by atoms with Gasteiger partial charge in [-0.05, 0) is 61.0 Å². The number of rotatable bonds is 7. The van der Waals surface area contributed by atoms with Crippen LogP contribution in [0.5, 0.6) is 0 Å². The second-order valence-corrected chi connectivity index (χ2v) is 10.3. The summed E-state index contributed by atoms with van der Waals surface area (Å²) in [5, 5.41) is 5.73. The van der Waals surface area contributed by atoms with E-state index in [4.69, 9.17) is 4.74 Å². The van der Waals surface area contributed by atoms with Crippen molar-refractivity contribution in [2.75, 3.05) is 52.8 Å². The fraction of sp³-hybridized carbons (Fsp3) is 0.231. The Hall–Kier alpha value is -3.89. The van der Waals surface area contributed by atoms with Crippen molar-refractivity contribution in [3.05, 3.63) is 83.4 Å². The van der Waals surface area contributed by atoms with Gasteiger partial charge in [0.15, 0.2) is 0 Å². The number of hydrogen-bond donors (Lipinski definition) is 3. The molecular weight excluding hydrogens is 480 g/mol. The molecule has 0 saturated carbocycles. The van der Waals surface area contributed by atoms with E-state index in [1.165, 1.54) is 6.07 Å². The zero-order chi connectivity index (χ0) is 25.7. The molecule has 1 fully saturated rings. The first-order valence-corrected chi connectivity index (χ1v) is 13.3. The van der Waals surface area contributed by atoms with Gasteiger partial charge in [0.05, 0.1) is 19.5 Å². The molecule has 10 heteroatoms. The molecule has 0 unspecified atom stereocenters. The molecule has 188 valence electrons. The van der Waals surface area contributed by atoms with E-state index < -0.39 is 15.9 Å². The molecule has 3 N–H and O–H groups in total. The standard InChI is InChI=1S/C26H28N4O5S/c1-18-9-10-21(27-25(31)20-6-4-8-23(16-20)30-11-13-35-14-12-30)17-24(18)28-26(32)19-5-3-7-22(15-19)29-36(2,33)34/h3-10,15-17,29H,11-14H2,1-2H3,(H,27,31)(H,28,32). The Balaban J connectivity index is 1.47. The van der Waals surface area contributed by atoms with Gasteiger partial charge in [0.2, 0.25) is 10.0 Å². The van der Waals surface area contributed by atoms with E-state index in [1.807, 2.05) is 25.1 Å². The van der Waals surface area contributed by atoms with E-state index in [9.17, 15) is 18.0 Å². The van der Waals surface area contributed by atoms with Crippen LogP contribution in [0.2, 0.25) is 0 Å². The molecule has 0 aromatic heterocycles. The highest BCUT2D eigenvalue weighted by Gasteiger charge is 2.15. The van der Waals surface area contributed by atoms with Crippen LogP contribution in [0.25, 0.3) is 0 Å². The first-order valence-electron chi connectivity index (χ1n) is 11.4. The van der Waals surface area contributed by atoms with Crippen molar-refractivity contribution in [1.29, 1.82) is 0 Å². The smallest absolute Gasteiger partial charge is 0.255 e. The third-order valence-corrected chi connectivity index (χ3v) is 6.26. The minimum absolute atomic E-state index is 0.259. The minimum Gasteiger partial charge on any atom is -0.378 e. The summed E-state index contributed by atoms with van der Waals surface area (Å²) in [6.45, 7) is 4.72. The molecule has 3 aromatic carbocycles. The average molecular weight is 509 g/mol. The van der Waals surface area contributed by atoms with Gasteiger partial charge in [-0.2, -0.15) is 0 Å². The topological polar surface area (TPSA) is 117 Å². The normalized spacial score (nSPS) is 13.7. The second-order valence-electron chi connectivity index (χ2n) is 8.54. The number of anilines is 4. The number of sulfonamides is 1. The maximum absolute atomic E-state index is 12.9. The van der Waals surface area contributed by atoms with Crippen molar-refractivity contribution < 1.29 is 22.7 Å². The highest BCUT2D eigenvalue weighted by Crippen LogP contribution is 2.23. The Labute approximate surface area is 210 Å². The van der Waals surface area contributed by atoms with Crippen molar-refractivity contribution in [3.63, 3.8) is 0 Å². The van der Waals surface area contributed by atoms with Crippen LogP contribution in [0, 0.1) is 6.92 Å². The van der Waals surface area contributed by atoms with E-state index in [-0.39, 0.29) is 11.5 Å². The zero-order valence-corrected chi connectivity index (χ0v) is 20.9. The van der Waals surface area contributed by atoms with E-state index in [2.05, 4.69) is 20.3 Å². The van der Waals surface area contributed by atoms with Crippen LogP contribution in [0.1, 0.15) is 26.3 Å². The number of benzene rings is 3. The summed E-state index contributed by atoms with van der Waals surface area (Å²) in [7, 11) is -3.46. The predicted octanol–water partition coefficient (Wildman–Crippen LogP) is 3.71. The molecule has 0 radical (unpaired) electrons. The summed E-state index contributed by atoms with van der Waals surface area (Å²) in [5.41, 5.74) is 3.95. The van der Waals surface area contributed by atoms with Gasteiger partial charge in [-0.1, -0.05) is 18.2 Å². The Morgan fingerprint density at radius 2 is 1.50 bits per heavy atom. The van der Waals surface area contributed by atoms with Crippen LogP contribution >= 0.6 is 0 Å². The minimum atomic E-state index is -3.46. The monoisotopic (exact) mass is 508 g/mol. The highest BCUT2D eigenvalue weighted by molar-refractivity contribution is 7.92. The number of nitrogens with zero attached hydrogens (tertiary/aromatic N) is 1. The molecule has 1 aliphatic rings. The van der Waals surface area contributed by atoms with Crippen molar-refractivity contribution in [1.82, 2.24) is 0 Å². The summed E-state index contributed by atoms with van der Waals surface area (Å²) >= 11 is 0. The fourth-order valence-corrected chi connectivity index (χ4v) is 4.39. The van der Waals surface area contributed by atoms with Gasteiger partial charge in [0.25, 0.3) is 11.8 Å². The summed E-state index contributed by atoms with van der Waals surface area (Å²) in [6.07, 6.45) is 1.04. The van der Waals surface area contributed by atoms with Gasteiger partial charge in [-0.15, -0.1) is 0 Å². The molecule has 1 aliphatic heterocycles. The number of hydrogen-bond acceptors (Lipinski definition) is 6. The van der Waals surface area contributed by atoms with Gasteiger partial charge in [-0.25, -0.2) is 8.42 Å². The van der Waals surface area contributed by atoms with Gasteiger partial charge in [-0.3, -0.25) is 14.3 Å². The average Bonchev–Trinajstić information content (AvgIpc) is 2.86. The molecule has 1 heterocycles. The number of ether oxygens (including phenoxy) is 1. The molecule has 3 aromatic rings. The Kier molecular flexibility index (Phi) is 7.56. The largest absolute Gasteiger partial charge is 0.378 e. The summed E-state index contributed by atoms with van der Waals surface area (Å²) < 4.78 is 30.7. The molecule has 1 saturated heterocycles.